The molecule has 0 aliphatic carbocycles. The summed E-state index contributed by atoms with van der Waals surface area (Å²) in [5, 5.41) is 6.57. The molecule has 0 aromatic carbocycles. The third-order valence-corrected chi connectivity index (χ3v) is 1.97. The van der Waals surface area contributed by atoms with E-state index in [2.05, 4.69) is 31.2 Å². The molecule has 0 radical (unpaired) electrons. The van der Waals surface area contributed by atoms with Crippen molar-refractivity contribution in [1.29, 1.82) is 5.41 Å². The fourth-order valence-electron chi connectivity index (χ4n) is 0.385. The van der Waals surface area contributed by atoms with Crippen LogP contribution in [0.15, 0.2) is 17.9 Å². The summed E-state index contributed by atoms with van der Waals surface area (Å²) in [7, 11) is -1.03. The van der Waals surface area contributed by atoms with Crippen LogP contribution in [0.3, 0.4) is 0 Å². The maximum absolute atomic E-state index is 6.57. The second-order valence-corrected chi connectivity index (χ2v) is 8.10. The zero-order chi connectivity index (χ0) is 7.33. The Morgan fingerprint density at radius 2 is 1.89 bits per heavy atom. The molecule has 1 nitrogen and oxygen atoms in total. The van der Waals surface area contributed by atoms with Gasteiger partial charge in [-0.15, -0.1) is 0 Å². The van der Waals surface area contributed by atoms with Crippen LogP contribution in [0, 0.1) is 5.41 Å². The van der Waals surface area contributed by atoms with Crippen molar-refractivity contribution in [3.63, 3.8) is 0 Å². The molecule has 2 heteroatoms. The van der Waals surface area contributed by atoms with E-state index in [9.17, 15) is 0 Å². The van der Waals surface area contributed by atoms with Gasteiger partial charge in [0.15, 0.2) is 0 Å². The van der Waals surface area contributed by atoms with Crippen LogP contribution in [0.25, 0.3) is 0 Å². The van der Waals surface area contributed by atoms with Gasteiger partial charge in [0.05, 0.1) is 8.07 Å². The van der Waals surface area contributed by atoms with Gasteiger partial charge in [-0.2, -0.15) is 0 Å². The molecule has 0 rings (SSSR count). The van der Waals surface area contributed by atoms with Crippen LogP contribution < -0.4 is 0 Å². The minimum atomic E-state index is -1.03. The Morgan fingerprint density at radius 1 is 1.33 bits per heavy atom. The molecule has 0 unspecified atom stereocenters. The van der Waals surface area contributed by atoms with Gasteiger partial charge in [-0.05, 0) is 11.9 Å². The van der Waals surface area contributed by atoms with Crippen LogP contribution >= 0.6 is 0 Å². The van der Waals surface area contributed by atoms with E-state index in [0.29, 0.717) is 0 Å². The molecule has 0 saturated heterocycles. The summed E-state index contributed by atoms with van der Waals surface area (Å²) >= 11 is 0. The van der Waals surface area contributed by atoms with Crippen LogP contribution in [-0.4, -0.2) is 13.9 Å². The summed E-state index contributed by atoms with van der Waals surface area (Å²) in [5.74, 6) is 2.20. The normalized spacial score (nSPS) is 11.4. The Morgan fingerprint density at radius 3 is 2.22 bits per heavy atom. The zero-order valence-electron chi connectivity index (χ0n) is 6.23. The molecule has 0 aromatic rings. The summed E-state index contributed by atoms with van der Waals surface area (Å²) in [5.41, 5.74) is 2.18. The maximum Gasteiger partial charge on any atom is 0.0687 e. The minimum Gasteiger partial charge on any atom is -0.259 e. The lowest BCUT2D eigenvalue weighted by Crippen LogP contribution is -2.14. The van der Waals surface area contributed by atoms with Crippen LogP contribution in [0.2, 0.25) is 19.6 Å². The molecule has 0 amide bonds. The van der Waals surface area contributed by atoms with E-state index in [-0.39, 0.29) is 0 Å². The summed E-state index contributed by atoms with van der Waals surface area (Å²) < 4.78 is 0. The molecule has 0 aliphatic heterocycles. The predicted octanol–water partition coefficient (Wildman–Crippen LogP) is 2.22. The largest absolute Gasteiger partial charge is 0.259 e. The average molecular weight is 139 g/mol. The van der Waals surface area contributed by atoms with Gasteiger partial charge in [0.1, 0.15) is 0 Å². The molecule has 0 fully saturated rings. The topological polar surface area (TPSA) is 23.9 Å². The lowest BCUT2D eigenvalue weighted by atomic mass is 10.6. The Hall–Kier alpha value is -0.593. The van der Waals surface area contributed by atoms with E-state index in [1.165, 1.54) is 0 Å². The van der Waals surface area contributed by atoms with Crippen molar-refractivity contribution >= 4 is 13.9 Å². The first-order chi connectivity index (χ1) is 4.06. The Balaban J connectivity index is 3.85. The molecular weight excluding hydrogens is 126 g/mol. The number of hydrogen-bond donors (Lipinski definition) is 1. The van der Waals surface area contributed by atoms with Gasteiger partial charge in [0.25, 0.3) is 0 Å². The molecule has 0 bridgehead atoms. The Kier molecular flexibility index (Phi) is 3.21. The van der Waals surface area contributed by atoms with E-state index in [1.807, 2.05) is 6.08 Å². The van der Waals surface area contributed by atoms with Gasteiger partial charge in [-0.1, -0.05) is 31.4 Å². The van der Waals surface area contributed by atoms with Gasteiger partial charge in [0.2, 0.25) is 0 Å². The fourth-order valence-corrected chi connectivity index (χ4v) is 1.06. The van der Waals surface area contributed by atoms with Crippen molar-refractivity contribution in [2.24, 2.45) is 0 Å². The number of allylic oxidation sites excluding steroid dienone is 2. The monoisotopic (exact) mass is 139 g/mol. The van der Waals surface area contributed by atoms with Gasteiger partial charge in [-0.3, -0.25) is 5.41 Å². The van der Waals surface area contributed by atoms with Crippen molar-refractivity contribution in [3.05, 3.63) is 17.9 Å². The molecule has 0 aliphatic rings. The highest BCUT2D eigenvalue weighted by Crippen LogP contribution is 2.00. The molecular formula is C7H13NSi. The van der Waals surface area contributed by atoms with Crippen molar-refractivity contribution < 1.29 is 0 Å². The highest BCUT2D eigenvalue weighted by atomic mass is 28.3. The lowest BCUT2D eigenvalue weighted by molar-refractivity contribution is 1.59. The standard InChI is InChI=1S/C7H13NSi/c1-9(2,3)7-5-4-6-8/h4-5,7-8H,1-3H3/b7-5+. The molecule has 0 atom stereocenters. The molecule has 50 valence electrons. The third-order valence-electron chi connectivity index (χ3n) is 0.776. The van der Waals surface area contributed by atoms with E-state index < -0.39 is 8.07 Å². The first-order valence-corrected chi connectivity index (χ1v) is 6.57. The third kappa shape index (κ3) is 7.41. The minimum absolute atomic E-state index is 1.03. The molecule has 0 aromatic heterocycles. The molecule has 0 heterocycles. The zero-order valence-corrected chi connectivity index (χ0v) is 7.23. The van der Waals surface area contributed by atoms with Crippen molar-refractivity contribution in [2.75, 3.05) is 0 Å². The van der Waals surface area contributed by atoms with Crippen LogP contribution in [0.4, 0.5) is 0 Å². The summed E-state index contributed by atoms with van der Waals surface area (Å²) in [6.07, 6.45) is 3.53. The first kappa shape index (κ1) is 8.41. The van der Waals surface area contributed by atoms with Crippen LogP contribution in [0.1, 0.15) is 0 Å². The SMILES string of the molecule is C[Si](C)(C)/C=C/C=C=N. The summed E-state index contributed by atoms with van der Waals surface area (Å²) in [4.78, 5) is 0. The van der Waals surface area contributed by atoms with E-state index in [4.69, 9.17) is 5.41 Å². The van der Waals surface area contributed by atoms with E-state index in [1.54, 1.807) is 6.08 Å². The maximum atomic E-state index is 6.57. The predicted molar refractivity (Wildman–Crippen MR) is 44.8 cm³/mol. The summed E-state index contributed by atoms with van der Waals surface area (Å²) in [6.45, 7) is 6.75. The van der Waals surface area contributed by atoms with Gasteiger partial charge >= 0.3 is 0 Å². The summed E-state index contributed by atoms with van der Waals surface area (Å²) in [6, 6.07) is 0. The van der Waals surface area contributed by atoms with Crippen molar-refractivity contribution in [1.82, 2.24) is 0 Å². The van der Waals surface area contributed by atoms with Gasteiger partial charge in [-0.25, -0.2) is 0 Å². The van der Waals surface area contributed by atoms with Gasteiger partial charge < -0.3 is 0 Å². The molecule has 9 heavy (non-hydrogen) atoms. The van der Waals surface area contributed by atoms with Gasteiger partial charge in [0, 0.05) is 0 Å². The molecule has 0 saturated carbocycles. The second-order valence-electron chi connectivity index (χ2n) is 3.04. The average Bonchev–Trinajstić information content (AvgIpc) is 1.63. The number of hydrogen-bond acceptors (Lipinski definition) is 1. The molecule has 0 spiro atoms. The quantitative estimate of drug-likeness (QED) is 0.344. The van der Waals surface area contributed by atoms with Crippen LogP contribution in [-0.2, 0) is 0 Å². The van der Waals surface area contributed by atoms with Crippen molar-refractivity contribution in [2.45, 2.75) is 19.6 Å². The number of nitrogens with one attached hydrogen (secondary N) is 1. The first-order valence-electron chi connectivity index (χ1n) is 2.99. The number of rotatable bonds is 2. The fraction of sp³-hybridized carbons (Fsp3) is 0.429. The van der Waals surface area contributed by atoms with E-state index in [0.717, 1.165) is 0 Å². The highest BCUT2D eigenvalue weighted by Gasteiger charge is 2.05. The second kappa shape index (κ2) is 3.44. The smallest absolute Gasteiger partial charge is 0.0687 e. The molecule has 1 N–H and O–H groups in total. The Labute approximate surface area is 57.6 Å². The van der Waals surface area contributed by atoms with E-state index >= 15 is 0 Å². The van der Waals surface area contributed by atoms with Crippen molar-refractivity contribution in [3.8, 4) is 0 Å². The lowest BCUT2D eigenvalue weighted by Gasteiger charge is -2.06. The Bertz CT molecular complexity index is 147. The van der Waals surface area contributed by atoms with Crippen LogP contribution in [0.5, 0.6) is 0 Å². The highest BCUT2D eigenvalue weighted by molar-refractivity contribution is 6.81.